The lowest BCUT2D eigenvalue weighted by Gasteiger charge is -2.25. The van der Waals surface area contributed by atoms with Gasteiger partial charge in [0.1, 0.15) is 6.04 Å². The van der Waals surface area contributed by atoms with Gasteiger partial charge in [-0.3, -0.25) is 4.79 Å². The summed E-state index contributed by atoms with van der Waals surface area (Å²) < 4.78 is 0. The number of carbonyl (C=O) groups excluding carboxylic acids is 1. The lowest BCUT2D eigenvalue weighted by Crippen LogP contribution is -2.43. The van der Waals surface area contributed by atoms with Gasteiger partial charge >= 0.3 is 5.97 Å². The Labute approximate surface area is 120 Å². The molecular weight excluding hydrogens is 254 g/mol. The van der Waals surface area contributed by atoms with Crippen molar-refractivity contribution < 1.29 is 14.7 Å². The number of benzene rings is 1. The number of nitrogens with zero attached hydrogens (tertiary/aromatic N) is 1. The lowest BCUT2D eigenvalue weighted by atomic mass is 10.0. The molecule has 1 atom stereocenters. The van der Waals surface area contributed by atoms with Crippen molar-refractivity contribution in [1.82, 2.24) is 4.90 Å². The number of hydrogen-bond acceptors (Lipinski definition) is 2. The summed E-state index contributed by atoms with van der Waals surface area (Å²) in [5.74, 6) is -1.05. The molecule has 4 heteroatoms. The second-order valence-corrected chi connectivity index (χ2v) is 5.01. The largest absolute Gasteiger partial charge is 0.480 e. The number of rotatable bonds is 8. The number of unbranched alkanes of at least 4 members (excludes halogenated alkanes) is 2. The van der Waals surface area contributed by atoms with E-state index in [0.717, 1.165) is 24.8 Å². The second kappa shape index (κ2) is 8.35. The molecule has 110 valence electrons. The minimum atomic E-state index is -0.958. The highest BCUT2D eigenvalue weighted by Crippen LogP contribution is 2.11. The van der Waals surface area contributed by atoms with E-state index in [1.54, 1.807) is 7.05 Å². The summed E-state index contributed by atoms with van der Waals surface area (Å²) in [4.78, 5) is 24.8. The normalized spacial score (nSPS) is 11.9. The van der Waals surface area contributed by atoms with E-state index in [2.05, 4.69) is 6.92 Å². The number of hydrogen-bond donors (Lipinski definition) is 1. The minimum Gasteiger partial charge on any atom is -0.480 e. The third-order valence-corrected chi connectivity index (χ3v) is 3.41. The first-order valence-corrected chi connectivity index (χ1v) is 7.08. The van der Waals surface area contributed by atoms with Gasteiger partial charge in [-0.25, -0.2) is 4.79 Å². The average Bonchev–Trinajstić information content (AvgIpc) is 2.45. The van der Waals surface area contributed by atoms with E-state index in [4.69, 9.17) is 0 Å². The van der Waals surface area contributed by atoms with Crippen molar-refractivity contribution in [1.29, 1.82) is 0 Å². The first-order valence-electron chi connectivity index (χ1n) is 7.08. The van der Waals surface area contributed by atoms with Crippen molar-refractivity contribution in [2.24, 2.45) is 0 Å². The van der Waals surface area contributed by atoms with Crippen molar-refractivity contribution >= 4 is 11.9 Å². The molecule has 0 fully saturated rings. The van der Waals surface area contributed by atoms with Crippen LogP contribution in [0.4, 0.5) is 0 Å². The maximum atomic E-state index is 12.0. The van der Waals surface area contributed by atoms with E-state index in [0.29, 0.717) is 12.8 Å². The summed E-state index contributed by atoms with van der Waals surface area (Å²) in [6.45, 7) is 2.07. The molecule has 0 bridgehead atoms. The molecular formula is C16H23NO3. The summed E-state index contributed by atoms with van der Waals surface area (Å²) in [5, 5.41) is 9.33. The van der Waals surface area contributed by atoms with Gasteiger partial charge in [-0.05, 0) is 12.0 Å². The highest BCUT2D eigenvalue weighted by molar-refractivity contribution is 5.83. The zero-order valence-electron chi connectivity index (χ0n) is 12.2. The van der Waals surface area contributed by atoms with Gasteiger partial charge < -0.3 is 10.0 Å². The first kappa shape index (κ1) is 16.2. The van der Waals surface area contributed by atoms with Crippen LogP contribution in [0.15, 0.2) is 30.3 Å². The number of likely N-dealkylation sites (N-methyl/N-ethyl adjacent to an activating group) is 1. The van der Waals surface area contributed by atoms with Crippen LogP contribution in [0, 0.1) is 0 Å². The fourth-order valence-corrected chi connectivity index (χ4v) is 2.10. The number of carbonyl (C=O) groups is 2. The zero-order chi connectivity index (χ0) is 15.0. The van der Waals surface area contributed by atoms with Crippen LogP contribution in [0.2, 0.25) is 0 Å². The Hall–Kier alpha value is -1.84. The molecule has 0 spiro atoms. The van der Waals surface area contributed by atoms with E-state index in [1.165, 1.54) is 4.90 Å². The molecule has 1 aromatic carbocycles. The van der Waals surface area contributed by atoms with Crippen LogP contribution < -0.4 is 0 Å². The van der Waals surface area contributed by atoms with Crippen molar-refractivity contribution in [2.45, 2.75) is 45.1 Å². The standard InChI is InChI=1S/C16H23NO3/c1-3-4-6-11-15(18)17(2)14(16(19)20)12-13-9-7-5-8-10-13/h5,7-10,14H,3-4,6,11-12H2,1-2H3,(H,19,20)/t14-/m0/s1. The Bertz CT molecular complexity index is 431. The van der Waals surface area contributed by atoms with Gasteiger partial charge in [0.05, 0.1) is 0 Å². The molecule has 1 rings (SSSR count). The average molecular weight is 277 g/mol. The molecule has 0 aromatic heterocycles. The highest BCUT2D eigenvalue weighted by Gasteiger charge is 2.26. The molecule has 0 aliphatic heterocycles. The van der Waals surface area contributed by atoms with Crippen molar-refractivity contribution in [3.8, 4) is 0 Å². The van der Waals surface area contributed by atoms with E-state index in [9.17, 15) is 14.7 Å². The van der Waals surface area contributed by atoms with Crippen molar-refractivity contribution in [3.05, 3.63) is 35.9 Å². The third kappa shape index (κ3) is 5.03. The van der Waals surface area contributed by atoms with Gasteiger partial charge in [-0.1, -0.05) is 50.1 Å². The van der Waals surface area contributed by atoms with Gasteiger partial charge in [0.15, 0.2) is 0 Å². The van der Waals surface area contributed by atoms with Crippen molar-refractivity contribution in [3.63, 3.8) is 0 Å². The molecule has 0 saturated carbocycles. The van der Waals surface area contributed by atoms with Gasteiger partial charge in [0.2, 0.25) is 5.91 Å². The topological polar surface area (TPSA) is 57.6 Å². The van der Waals surface area contributed by atoms with Gasteiger partial charge in [-0.15, -0.1) is 0 Å². The Kier molecular flexibility index (Phi) is 6.77. The highest BCUT2D eigenvalue weighted by atomic mass is 16.4. The number of carboxylic acid groups (broad SMARTS) is 1. The third-order valence-electron chi connectivity index (χ3n) is 3.41. The number of aliphatic carboxylic acids is 1. The Balaban J connectivity index is 2.65. The smallest absolute Gasteiger partial charge is 0.326 e. The summed E-state index contributed by atoms with van der Waals surface area (Å²) in [6, 6.07) is 8.59. The predicted octanol–water partition coefficient (Wildman–Crippen LogP) is 2.72. The maximum absolute atomic E-state index is 12.0. The molecule has 0 saturated heterocycles. The molecule has 1 aromatic rings. The summed E-state index contributed by atoms with van der Waals surface area (Å²) >= 11 is 0. The molecule has 0 aliphatic carbocycles. The molecule has 0 unspecified atom stereocenters. The van der Waals surface area contributed by atoms with E-state index in [1.807, 2.05) is 30.3 Å². The second-order valence-electron chi connectivity index (χ2n) is 5.01. The quantitative estimate of drug-likeness (QED) is 0.743. The van der Waals surface area contributed by atoms with Crippen LogP contribution in [0.25, 0.3) is 0 Å². The minimum absolute atomic E-state index is 0.0956. The van der Waals surface area contributed by atoms with Crippen LogP contribution in [0.5, 0.6) is 0 Å². The fourth-order valence-electron chi connectivity index (χ4n) is 2.10. The monoisotopic (exact) mass is 277 g/mol. The molecule has 0 aliphatic rings. The number of carboxylic acids is 1. The van der Waals surface area contributed by atoms with E-state index >= 15 is 0 Å². The summed E-state index contributed by atoms with van der Waals surface area (Å²) in [7, 11) is 1.58. The molecule has 1 N–H and O–H groups in total. The first-order chi connectivity index (χ1) is 9.56. The number of amides is 1. The Morgan fingerprint density at radius 3 is 2.40 bits per heavy atom. The Morgan fingerprint density at radius 2 is 1.85 bits per heavy atom. The van der Waals surface area contributed by atoms with Crippen LogP contribution in [-0.4, -0.2) is 35.0 Å². The van der Waals surface area contributed by atoms with Crippen LogP contribution in [-0.2, 0) is 16.0 Å². The van der Waals surface area contributed by atoms with E-state index < -0.39 is 12.0 Å². The predicted molar refractivity (Wildman–Crippen MR) is 78.5 cm³/mol. The van der Waals surface area contributed by atoms with Crippen molar-refractivity contribution in [2.75, 3.05) is 7.05 Å². The molecule has 0 radical (unpaired) electrons. The summed E-state index contributed by atoms with van der Waals surface area (Å²) in [5.41, 5.74) is 0.924. The SMILES string of the molecule is CCCCCC(=O)N(C)[C@@H](Cc1ccccc1)C(=O)O. The molecule has 20 heavy (non-hydrogen) atoms. The van der Waals surface area contributed by atoms with Crippen LogP contribution >= 0.6 is 0 Å². The van der Waals surface area contributed by atoms with Crippen LogP contribution in [0.3, 0.4) is 0 Å². The molecule has 0 heterocycles. The lowest BCUT2D eigenvalue weighted by molar-refractivity contribution is -0.149. The maximum Gasteiger partial charge on any atom is 0.326 e. The molecule has 4 nitrogen and oxygen atoms in total. The zero-order valence-corrected chi connectivity index (χ0v) is 12.2. The van der Waals surface area contributed by atoms with Gasteiger partial charge in [-0.2, -0.15) is 0 Å². The Morgan fingerprint density at radius 1 is 1.20 bits per heavy atom. The van der Waals surface area contributed by atoms with Gasteiger partial charge in [0.25, 0.3) is 0 Å². The molecule has 1 amide bonds. The summed E-state index contributed by atoms with van der Waals surface area (Å²) in [6.07, 6.45) is 3.62. The van der Waals surface area contributed by atoms with Crippen LogP contribution in [0.1, 0.15) is 38.2 Å². The van der Waals surface area contributed by atoms with Gasteiger partial charge in [0, 0.05) is 19.9 Å². The van der Waals surface area contributed by atoms with E-state index in [-0.39, 0.29) is 5.91 Å². The fraction of sp³-hybridized carbons (Fsp3) is 0.500.